The number of nitrogens with one attached hydrogen (secondary N) is 2. The van der Waals surface area contributed by atoms with Gasteiger partial charge >= 0.3 is 0 Å². The molecule has 1 aliphatic heterocycles. The first-order chi connectivity index (χ1) is 18.6. The second kappa shape index (κ2) is 10.3. The Balaban J connectivity index is 1.65. The van der Waals surface area contributed by atoms with Crippen LogP contribution in [0.4, 0.5) is 11.4 Å². The molecule has 0 radical (unpaired) electrons. The molecule has 10 heteroatoms. The van der Waals surface area contributed by atoms with Crippen LogP contribution in [0.3, 0.4) is 0 Å². The lowest BCUT2D eigenvalue weighted by atomic mass is 9.96. The zero-order valence-electron chi connectivity index (χ0n) is 22.5. The van der Waals surface area contributed by atoms with E-state index in [-0.39, 0.29) is 12.1 Å². The third-order valence-corrected chi connectivity index (χ3v) is 7.89. The summed E-state index contributed by atoms with van der Waals surface area (Å²) in [7, 11) is -1.74. The Morgan fingerprint density at radius 1 is 1.00 bits per heavy atom. The lowest BCUT2D eigenvalue weighted by molar-refractivity contribution is 0.414. The second-order valence-electron chi connectivity index (χ2n) is 9.73. The summed E-state index contributed by atoms with van der Waals surface area (Å²) in [4.78, 5) is 6.76. The Hall–Kier alpha value is -3.89. The van der Waals surface area contributed by atoms with Crippen LogP contribution in [-0.2, 0) is 10.0 Å². The van der Waals surface area contributed by atoms with E-state index in [1.165, 1.54) is 0 Å². The number of aryl methyl sites for hydroxylation is 2. The standard InChI is InChI=1S/C29H31N5O3S2/c1-18-15-22(12-13-25(18)32-39(5,35)36)34-28(27(31-29(34)38)26-11-6-7-14-30-26)24-16-19(2)33(20(24)3)21-9-8-10-23(17-21)37-4/h6-17,27-28,32H,1-5H3,(H,31,38)/t27-,28-/m1/s1. The molecular weight excluding hydrogens is 530 g/mol. The van der Waals surface area contributed by atoms with Crippen LogP contribution in [0.15, 0.2) is 72.9 Å². The molecular formula is C29H31N5O3S2. The minimum Gasteiger partial charge on any atom is -0.497 e. The second-order valence-corrected chi connectivity index (χ2v) is 11.9. The van der Waals surface area contributed by atoms with E-state index < -0.39 is 10.0 Å². The highest BCUT2D eigenvalue weighted by Gasteiger charge is 2.42. The number of sulfonamides is 1. The molecule has 2 aromatic heterocycles. The lowest BCUT2D eigenvalue weighted by Crippen LogP contribution is -2.29. The molecule has 0 amide bonds. The zero-order valence-corrected chi connectivity index (χ0v) is 24.1. The van der Waals surface area contributed by atoms with Crippen molar-refractivity contribution >= 4 is 38.7 Å². The van der Waals surface area contributed by atoms with Crippen molar-refractivity contribution in [3.05, 3.63) is 101 Å². The molecule has 39 heavy (non-hydrogen) atoms. The number of pyridine rings is 1. The van der Waals surface area contributed by atoms with Crippen LogP contribution in [0, 0.1) is 20.8 Å². The summed E-state index contributed by atoms with van der Waals surface area (Å²) in [6.07, 6.45) is 2.93. The van der Waals surface area contributed by atoms with Gasteiger partial charge in [0.05, 0.1) is 36.8 Å². The van der Waals surface area contributed by atoms with Crippen LogP contribution in [0.25, 0.3) is 5.69 Å². The minimum absolute atomic E-state index is 0.202. The summed E-state index contributed by atoms with van der Waals surface area (Å²) >= 11 is 5.90. The van der Waals surface area contributed by atoms with Gasteiger partial charge in [0, 0.05) is 35.0 Å². The Labute approximate surface area is 234 Å². The molecule has 5 rings (SSSR count). The molecule has 2 atom stereocenters. The van der Waals surface area contributed by atoms with Crippen molar-refractivity contribution in [3.63, 3.8) is 0 Å². The van der Waals surface area contributed by atoms with Crippen molar-refractivity contribution < 1.29 is 13.2 Å². The number of hydrogen-bond acceptors (Lipinski definition) is 5. The highest BCUT2D eigenvalue weighted by molar-refractivity contribution is 7.92. The number of hydrogen-bond donors (Lipinski definition) is 2. The van der Waals surface area contributed by atoms with Crippen LogP contribution in [0.5, 0.6) is 5.75 Å². The number of methoxy groups -OCH3 is 1. The number of nitrogens with zero attached hydrogens (tertiary/aromatic N) is 3. The fourth-order valence-electron chi connectivity index (χ4n) is 5.29. The normalized spacial score (nSPS) is 17.3. The number of aromatic nitrogens is 2. The van der Waals surface area contributed by atoms with Crippen molar-refractivity contribution in [1.82, 2.24) is 14.9 Å². The van der Waals surface area contributed by atoms with E-state index in [1.807, 2.05) is 55.5 Å². The predicted molar refractivity (Wildman–Crippen MR) is 159 cm³/mol. The quantitative estimate of drug-likeness (QED) is 0.294. The van der Waals surface area contributed by atoms with Crippen LogP contribution in [-0.4, -0.2) is 36.4 Å². The van der Waals surface area contributed by atoms with Crippen molar-refractivity contribution in [2.45, 2.75) is 32.9 Å². The average molecular weight is 562 g/mol. The third kappa shape index (κ3) is 5.22. The first kappa shape index (κ1) is 26.7. The Kier molecular flexibility index (Phi) is 7.09. The predicted octanol–water partition coefficient (Wildman–Crippen LogP) is 5.35. The van der Waals surface area contributed by atoms with Crippen molar-refractivity contribution in [3.8, 4) is 11.4 Å². The van der Waals surface area contributed by atoms with E-state index >= 15 is 0 Å². The largest absolute Gasteiger partial charge is 0.497 e. The van der Waals surface area contributed by atoms with Gasteiger partial charge in [-0.25, -0.2) is 8.42 Å². The van der Waals surface area contributed by atoms with Crippen LogP contribution < -0.4 is 19.7 Å². The number of rotatable bonds is 7. The molecule has 2 N–H and O–H groups in total. The molecule has 1 fully saturated rings. The van der Waals surface area contributed by atoms with Gasteiger partial charge in [-0.15, -0.1) is 0 Å². The maximum atomic E-state index is 11.8. The first-order valence-corrected chi connectivity index (χ1v) is 14.8. The van der Waals surface area contributed by atoms with E-state index in [1.54, 1.807) is 19.4 Å². The van der Waals surface area contributed by atoms with Gasteiger partial charge in [0.25, 0.3) is 0 Å². The molecule has 0 unspecified atom stereocenters. The fourth-order valence-corrected chi connectivity index (χ4v) is 6.27. The summed E-state index contributed by atoms with van der Waals surface area (Å²) in [5.41, 5.74) is 7.35. The van der Waals surface area contributed by atoms with Crippen molar-refractivity contribution in [2.75, 3.05) is 23.0 Å². The maximum Gasteiger partial charge on any atom is 0.229 e. The molecule has 0 bridgehead atoms. The Bertz CT molecular complexity index is 1650. The lowest BCUT2D eigenvalue weighted by Gasteiger charge is -2.29. The number of anilines is 2. The smallest absolute Gasteiger partial charge is 0.229 e. The molecule has 0 saturated carbocycles. The summed E-state index contributed by atoms with van der Waals surface area (Å²) in [5, 5.41) is 4.08. The van der Waals surface area contributed by atoms with E-state index in [0.29, 0.717) is 10.8 Å². The molecule has 1 aliphatic rings. The highest BCUT2D eigenvalue weighted by atomic mass is 32.2. The summed E-state index contributed by atoms with van der Waals surface area (Å²) in [5.74, 6) is 0.788. The number of benzene rings is 2. The molecule has 0 spiro atoms. The van der Waals surface area contributed by atoms with Crippen molar-refractivity contribution in [2.24, 2.45) is 0 Å². The average Bonchev–Trinajstić information content (AvgIpc) is 3.40. The molecule has 2 aromatic carbocycles. The van der Waals surface area contributed by atoms with E-state index in [2.05, 4.69) is 50.5 Å². The van der Waals surface area contributed by atoms with Gasteiger partial charge in [-0.2, -0.15) is 0 Å². The molecule has 1 saturated heterocycles. The molecule has 3 heterocycles. The van der Waals surface area contributed by atoms with Crippen LogP contribution in [0.1, 0.15) is 40.3 Å². The zero-order chi connectivity index (χ0) is 27.9. The number of thiocarbonyl (C=S) groups is 1. The van der Waals surface area contributed by atoms with Crippen LogP contribution in [0.2, 0.25) is 0 Å². The molecule has 0 aliphatic carbocycles. The molecule has 8 nitrogen and oxygen atoms in total. The van der Waals surface area contributed by atoms with Gasteiger partial charge in [0.15, 0.2) is 5.11 Å². The van der Waals surface area contributed by atoms with Gasteiger partial charge < -0.3 is 19.5 Å². The van der Waals surface area contributed by atoms with Gasteiger partial charge in [0.2, 0.25) is 10.0 Å². The Morgan fingerprint density at radius 2 is 1.79 bits per heavy atom. The van der Waals surface area contributed by atoms with Crippen molar-refractivity contribution in [1.29, 1.82) is 0 Å². The van der Waals surface area contributed by atoms with E-state index in [0.717, 1.165) is 51.6 Å². The number of ether oxygens (including phenoxy) is 1. The SMILES string of the molecule is COc1cccc(-n2c(C)cc([C@@H]3[C@@H](c4ccccn4)NC(=S)N3c3ccc(NS(C)(=O)=O)c(C)c3)c2C)c1. The van der Waals surface area contributed by atoms with Gasteiger partial charge in [-0.1, -0.05) is 12.1 Å². The fraction of sp³-hybridized carbons (Fsp3) is 0.241. The van der Waals surface area contributed by atoms with E-state index in [9.17, 15) is 8.42 Å². The Morgan fingerprint density at radius 3 is 2.46 bits per heavy atom. The van der Waals surface area contributed by atoms with Gasteiger partial charge in [-0.3, -0.25) is 9.71 Å². The van der Waals surface area contributed by atoms with Gasteiger partial charge in [-0.05, 0) is 92.6 Å². The van der Waals surface area contributed by atoms with E-state index in [4.69, 9.17) is 17.0 Å². The summed E-state index contributed by atoms with van der Waals surface area (Å²) in [6.45, 7) is 6.08. The monoisotopic (exact) mass is 561 g/mol. The summed E-state index contributed by atoms with van der Waals surface area (Å²) < 4.78 is 34.0. The highest BCUT2D eigenvalue weighted by Crippen LogP contribution is 2.44. The first-order valence-electron chi connectivity index (χ1n) is 12.5. The maximum absolute atomic E-state index is 11.8. The topological polar surface area (TPSA) is 88.5 Å². The third-order valence-electron chi connectivity index (χ3n) is 6.98. The van der Waals surface area contributed by atoms with Crippen LogP contribution >= 0.6 is 12.2 Å². The molecule has 4 aromatic rings. The molecule has 202 valence electrons. The van der Waals surface area contributed by atoms with Gasteiger partial charge in [0.1, 0.15) is 5.75 Å². The summed E-state index contributed by atoms with van der Waals surface area (Å²) in [6, 6.07) is 21.3. The minimum atomic E-state index is -3.40.